The molecule has 1 spiro atoms. The number of fused-ring (bicyclic) bond motifs is 1. The first-order valence-electron chi connectivity index (χ1n) is 9.42. The fourth-order valence-corrected chi connectivity index (χ4v) is 4.66. The van der Waals surface area contributed by atoms with Crippen LogP contribution in [0.4, 0.5) is 0 Å². The van der Waals surface area contributed by atoms with Crippen LogP contribution in [-0.2, 0) is 19.1 Å². The first kappa shape index (κ1) is 18.7. The third kappa shape index (κ3) is 3.03. The third-order valence-corrected chi connectivity index (χ3v) is 6.31. The standard InChI is InChI=1S/C21H24BrNO4/c1-12(2)10-26-20(25)17-16-8-9-21(27-16)11-23(19(24)18(17)21)13(3)14-4-6-15(22)7-5-14/h4-9,12-13,16-18H,10-11H2,1-3H3/t13-,16-,17+,18-,21+/m1/s1. The summed E-state index contributed by atoms with van der Waals surface area (Å²) < 4.78 is 12.6. The van der Waals surface area contributed by atoms with Crippen LogP contribution < -0.4 is 0 Å². The van der Waals surface area contributed by atoms with E-state index in [4.69, 9.17) is 9.47 Å². The fourth-order valence-electron chi connectivity index (χ4n) is 4.39. The lowest BCUT2D eigenvalue weighted by Gasteiger charge is -2.27. The fraction of sp³-hybridized carbons (Fsp3) is 0.524. The quantitative estimate of drug-likeness (QED) is 0.526. The first-order chi connectivity index (χ1) is 12.8. The van der Waals surface area contributed by atoms with Crippen molar-refractivity contribution >= 4 is 27.8 Å². The highest BCUT2D eigenvalue weighted by Crippen LogP contribution is 2.53. The van der Waals surface area contributed by atoms with Gasteiger partial charge < -0.3 is 14.4 Å². The molecule has 27 heavy (non-hydrogen) atoms. The normalized spacial score (nSPS) is 32.3. The summed E-state index contributed by atoms with van der Waals surface area (Å²) >= 11 is 3.44. The molecule has 0 N–H and O–H groups in total. The van der Waals surface area contributed by atoms with Gasteiger partial charge in [-0.2, -0.15) is 0 Å². The molecule has 5 atom stereocenters. The predicted octanol–water partition coefficient (Wildman–Crippen LogP) is 3.49. The van der Waals surface area contributed by atoms with E-state index in [0.717, 1.165) is 10.0 Å². The van der Waals surface area contributed by atoms with Crippen molar-refractivity contribution in [3.05, 3.63) is 46.5 Å². The van der Waals surface area contributed by atoms with Crippen LogP contribution in [0.2, 0.25) is 0 Å². The van der Waals surface area contributed by atoms with Crippen LogP contribution in [0.1, 0.15) is 32.4 Å². The maximum absolute atomic E-state index is 13.3. The van der Waals surface area contributed by atoms with Crippen molar-refractivity contribution in [2.75, 3.05) is 13.2 Å². The molecule has 3 aliphatic heterocycles. The zero-order valence-corrected chi connectivity index (χ0v) is 17.3. The van der Waals surface area contributed by atoms with Gasteiger partial charge in [-0.1, -0.05) is 54.1 Å². The molecule has 0 radical (unpaired) electrons. The molecule has 1 aromatic rings. The van der Waals surface area contributed by atoms with Gasteiger partial charge in [-0.3, -0.25) is 9.59 Å². The van der Waals surface area contributed by atoms with Crippen molar-refractivity contribution in [2.45, 2.75) is 38.5 Å². The summed E-state index contributed by atoms with van der Waals surface area (Å²) in [5.74, 6) is -1.14. The Balaban J connectivity index is 1.57. The molecule has 1 amide bonds. The van der Waals surface area contributed by atoms with Crippen LogP contribution in [-0.4, -0.2) is 41.6 Å². The number of hydrogen-bond donors (Lipinski definition) is 0. The summed E-state index contributed by atoms with van der Waals surface area (Å²) in [6.45, 7) is 6.83. The van der Waals surface area contributed by atoms with Crippen molar-refractivity contribution in [1.29, 1.82) is 0 Å². The summed E-state index contributed by atoms with van der Waals surface area (Å²) in [6.07, 6.45) is 3.53. The molecule has 3 heterocycles. The minimum Gasteiger partial charge on any atom is -0.465 e. The van der Waals surface area contributed by atoms with E-state index in [1.165, 1.54) is 0 Å². The minimum absolute atomic E-state index is 0.0243. The monoisotopic (exact) mass is 433 g/mol. The number of carbonyl (C=O) groups excluding carboxylic acids is 2. The van der Waals surface area contributed by atoms with E-state index < -0.39 is 17.4 Å². The maximum atomic E-state index is 13.3. The molecule has 2 fully saturated rings. The van der Waals surface area contributed by atoms with Crippen molar-refractivity contribution in [1.82, 2.24) is 4.90 Å². The molecule has 2 bridgehead atoms. The summed E-state index contributed by atoms with van der Waals surface area (Å²) in [7, 11) is 0. The lowest BCUT2D eigenvalue weighted by atomic mass is 9.77. The van der Waals surface area contributed by atoms with E-state index in [-0.39, 0.29) is 29.9 Å². The molecule has 4 rings (SSSR count). The van der Waals surface area contributed by atoms with Crippen LogP contribution in [0.3, 0.4) is 0 Å². The van der Waals surface area contributed by atoms with Crippen molar-refractivity contribution in [3.8, 4) is 0 Å². The lowest BCUT2D eigenvalue weighted by Crippen LogP contribution is -2.40. The zero-order chi connectivity index (χ0) is 19.3. The third-order valence-electron chi connectivity index (χ3n) is 5.78. The largest absolute Gasteiger partial charge is 0.465 e. The predicted molar refractivity (Wildman–Crippen MR) is 104 cm³/mol. The van der Waals surface area contributed by atoms with E-state index in [9.17, 15) is 9.59 Å². The minimum atomic E-state index is -0.701. The van der Waals surface area contributed by atoms with Gasteiger partial charge in [0, 0.05) is 4.47 Å². The smallest absolute Gasteiger partial charge is 0.312 e. The summed E-state index contributed by atoms with van der Waals surface area (Å²) in [6, 6.07) is 7.88. The average Bonchev–Trinajstić information content (AvgIpc) is 3.28. The Hall–Kier alpha value is -1.66. The summed E-state index contributed by atoms with van der Waals surface area (Å²) in [5.41, 5.74) is 0.354. The highest BCUT2D eigenvalue weighted by atomic mass is 79.9. The number of esters is 1. The number of nitrogens with zero attached hydrogens (tertiary/aromatic N) is 1. The molecule has 0 unspecified atom stereocenters. The molecule has 3 aliphatic rings. The SMILES string of the molecule is CC(C)COC(=O)[C@H]1[C@H]2C=C[C@@]3(CN([C@H](C)c4ccc(Br)cc4)C(=O)[C@@H]13)O2. The Kier molecular flexibility index (Phi) is 4.67. The molecule has 144 valence electrons. The van der Waals surface area contributed by atoms with E-state index in [0.29, 0.717) is 13.2 Å². The van der Waals surface area contributed by atoms with Gasteiger partial charge in [0.1, 0.15) is 11.5 Å². The molecular formula is C21H24BrNO4. The van der Waals surface area contributed by atoms with Gasteiger partial charge in [0.2, 0.25) is 5.91 Å². The van der Waals surface area contributed by atoms with Gasteiger partial charge in [-0.05, 0) is 30.5 Å². The molecule has 1 aromatic carbocycles. The molecule has 6 heteroatoms. The summed E-state index contributed by atoms with van der Waals surface area (Å²) in [5, 5.41) is 0. The molecule has 5 nitrogen and oxygen atoms in total. The molecule has 0 saturated carbocycles. The van der Waals surface area contributed by atoms with Crippen molar-refractivity contribution in [2.24, 2.45) is 17.8 Å². The number of halogens is 1. The Morgan fingerprint density at radius 2 is 2.04 bits per heavy atom. The second kappa shape index (κ2) is 6.74. The first-order valence-corrected chi connectivity index (χ1v) is 10.2. The summed E-state index contributed by atoms with van der Waals surface area (Å²) in [4.78, 5) is 27.8. The van der Waals surface area contributed by atoms with Crippen LogP contribution in [0.5, 0.6) is 0 Å². The van der Waals surface area contributed by atoms with Crippen molar-refractivity contribution < 1.29 is 19.1 Å². The molecule has 0 aliphatic carbocycles. The highest BCUT2D eigenvalue weighted by molar-refractivity contribution is 9.10. The Morgan fingerprint density at radius 3 is 2.70 bits per heavy atom. The van der Waals surface area contributed by atoms with Crippen LogP contribution in [0, 0.1) is 17.8 Å². The topological polar surface area (TPSA) is 55.8 Å². The number of carbonyl (C=O) groups is 2. The second-order valence-electron chi connectivity index (χ2n) is 8.12. The van der Waals surface area contributed by atoms with E-state index in [1.54, 1.807) is 0 Å². The van der Waals surface area contributed by atoms with Gasteiger partial charge in [0.25, 0.3) is 0 Å². The van der Waals surface area contributed by atoms with Gasteiger partial charge in [0.15, 0.2) is 0 Å². The van der Waals surface area contributed by atoms with Gasteiger partial charge in [-0.25, -0.2) is 0 Å². The Labute approximate surface area is 167 Å². The number of ether oxygens (including phenoxy) is 2. The Morgan fingerprint density at radius 1 is 1.33 bits per heavy atom. The number of benzene rings is 1. The van der Waals surface area contributed by atoms with Gasteiger partial charge in [-0.15, -0.1) is 0 Å². The average molecular weight is 434 g/mol. The van der Waals surface area contributed by atoms with Crippen LogP contribution in [0.15, 0.2) is 40.9 Å². The number of hydrogen-bond acceptors (Lipinski definition) is 4. The number of likely N-dealkylation sites (tertiary alicyclic amines) is 1. The lowest BCUT2D eigenvalue weighted by molar-refractivity contribution is -0.155. The molecular weight excluding hydrogens is 410 g/mol. The van der Waals surface area contributed by atoms with E-state index in [2.05, 4.69) is 15.9 Å². The van der Waals surface area contributed by atoms with Crippen LogP contribution in [0.25, 0.3) is 0 Å². The number of rotatable bonds is 5. The molecule has 2 saturated heterocycles. The van der Waals surface area contributed by atoms with E-state index >= 15 is 0 Å². The van der Waals surface area contributed by atoms with E-state index in [1.807, 2.05) is 62.1 Å². The zero-order valence-electron chi connectivity index (χ0n) is 15.7. The second-order valence-corrected chi connectivity index (χ2v) is 9.03. The van der Waals surface area contributed by atoms with Crippen LogP contribution >= 0.6 is 15.9 Å². The highest BCUT2D eigenvalue weighted by Gasteiger charge is 2.67. The number of amides is 1. The van der Waals surface area contributed by atoms with Gasteiger partial charge in [0.05, 0.1) is 31.2 Å². The van der Waals surface area contributed by atoms with Crippen molar-refractivity contribution in [3.63, 3.8) is 0 Å². The molecule has 0 aromatic heterocycles. The maximum Gasteiger partial charge on any atom is 0.312 e. The van der Waals surface area contributed by atoms with Gasteiger partial charge >= 0.3 is 5.97 Å². The Bertz CT molecular complexity index is 790.